The van der Waals surface area contributed by atoms with Crippen molar-refractivity contribution in [1.82, 2.24) is 16.0 Å². The summed E-state index contributed by atoms with van der Waals surface area (Å²) < 4.78 is 16.8. The number of nitrogens with two attached hydrogens (primary N) is 1. The van der Waals surface area contributed by atoms with Crippen LogP contribution in [0.25, 0.3) is 0 Å². The lowest BCUT2D eigenvalue weighted by Gasteiger charge is -2.28. The molecule has 3 unspecified atom stereocenters. The number of methoxy groups -OCH3 is 1. The highest BCUT2D eigenvalue weighted by Gasteiger charge is 2.27. The molecular formula is C36H64N4O7. The van der Waals surface area contributed by atoms with Crippen LogP contribution in [0.15, 0.2) is 18.2 Å². The maximum absolute atomic E-state index is 13.4. The van der Waals surface area contributed by atoms with Crippen molar-refractivity contribution in [2.45, 2.75) is 105 Å². The number of carbonyl (C=O) groups excluding carboxylic acids is 3. The van der Waals surface area contributed by atoms with Crippen LogP contribution in [0.4, 0.5) is 0 Å². The van der Waals surface area contributed by atoms with Crippen molar-refractivity contribution in [1.29, 1.82) is 0 Å². The normalized spacial score (nSPS) is 13.2. The summed E-state index contributed by atoms with van der Waals surface area (Å²) in [6.07, 6.45) is 7.28. The molecule has 0 fully saturated rings. The quantitative estimate of drug-likeness (QED) is 0.0663. The zero-order valence-electron chi connectivity index (χ0n) is 29.9. The molecule has 0 heterocycles. The van der Waals surface area contributed by atoms with Gasteiger partial charge in [-0.2, -0.15) is 0 Å². The van der Waals surface area contributed by atoms with Crippen molar-refractivity contribution in [2.75, 3.05) is 46.6 Å². The van der Waals surface area contributed by atoms with E-state index in [2.05, 4.69) is 36.7 Å². The molecule has 6 N–H and O–H groups in total. The van der Waals surface area contributed by atoms with Gasteiger partial charge in [0.1, 0.15) is 17.7 Å². The van der Waals surface area contributed by atoms with Gasteiger partial charge >= 0.3 is 0 Å². The van der Waals surface area contributed by atoms with Gasteiger partial charge < -0.3 is 41.0 Å². The second kappa shape index (κ2) is 25.2. The van der Waals surface area contributed by atoms with Crippen LogP contribution in [0.1, 0.15) is 109 Å². The highest BCUT2D eigenvalue weighted by molar-refractivity contribution is 5.97. The van der Waals surface area contributed by atoms with Crippen LogP contribution in [0, 0.1) is 23.7 Å². The number of ether oxygens (including phenoxy) is 3. The first-order valence-electron chi connectivity index (χ1n) is 17.7. The van der Waals surface area contributed by atoms with E-state index in [0.717, 1.165) is 57.8 Å². The minimum absolute atomic E-state index is 0.0645. The van der Waals surface area contributed by atoms with Gasteiger partial charge in [0.25, 0.3) is 11.8 Å². The topological polar surface area (TPSA) is 161 Å². The molecule has 1 rings (SSSR count). The number of aliphatic hydroxyl groups is 1. The molecule has 0 radical (unpaired) electrons. The average molecular weight is 665 g/mol. The van der Waals surface area contributed by atoms with Gasteiger partial charge in [0.15, 0.2) is 6.61 Å². The summed E-state index contributed by atoms with van der Waals surface area (Å²) in [7, 11) is 1.65. The van der Waals surface area contributed by atoms with Crippen molar-refractivity contribution in [2.24, 2.45) is 29.4 Å². The third-order valence-corrected chi connectivity index (χ3v) is 8.34. The molecule has 270 valence electrons. The van der Waals surface area contributed by atoms with E-state index < -0.39 is 12.1 Å². The number of rotatable bonds is 27. The molecule has 47 heavy (non-hydrogen) atoms. The minimum Gasteiger partial charge on any atom is -0.493 e. The van der Waals surface area contributed by atoms with E-state index in [-0.39, 0.29) is 47.7 Å². The first kappa shape index (κ1) is 42.1. The smallest absolute Gasteiger partial charge is 0.257 e. The fourth-order valence-corrected chi connectivity index (χ4v) is 5.33. The average Bonchev–Trinajstić information content (AvgIpc) is 3.03. The Balaban J connectivity index is 2.85. The number of hydrogen-bond donors (Lipinski definition) is 5. The molecule has 0 saturated carbocycles. The Kier molecular flexibility index (Phi) is 22.6. The SMILES string of the molecule is CCCCNC(=O)COc1ccc(C(=O)NC(O)C(CCCCC(C(=O)NCCCCN)C(C)C)C(C)C)c(OCCCCOC)c1. The van der Waals surface area contributed by atoms with E-state index in [0.29, 0.717) is 50.8 Å². The molecule has 3 atom stereocenters. The van der Waals surface area contributed by atoms with E-state index in [1.807, 2.05) is 13.8 Å². The number of nitrogens with one attached hydrogen (secondary N) is 3. The van der Waals surface area contributed by atoms with Crippen LogP contribution in [-0.4, -0.2) is 75.6 Å². The molecule has 0 aliphatic heterocycles. The Morgan fingerprint density at radius 1 is 0.851 bits per heavy atom. The standard InChI is InChI=1S/C36H64N4O7/c1-7-8-20-38-33(41)25-47-28-17-18-31(32(24-28)46-23-14-13-22-45-6)36(44)40-35(43)30(27(4)5)16-10-9-15-29(26(2)3)34(42)39-21-12-11-19-37/h17-18,24,26-27,29-30,35,43H,7-16,19-23,25,37H2,1-6H3,(H,38,41)(H,39,42)(H,40,44). The lowest BCUT2D eigenvalue weighted by Crippen LogP contribution is -2.42. The van der Waals surface area contributed by atoms with Crippen LogP contribution in [0.3, 0.4) is 0 Å². The van der Waals surface area contributed by atoms with Crippen LogP contribution >= 0.6 is 0 Å². The van der Waals surface area contributed by atoms with Crippen LogP contribution in [-0.2, 0) is 14.3 Å². The molecule has 11 nitrogen and oxygen atoms in total. The fraction of sp³-hybridized carbons (Fsp3) is 0.750. The maximum atomic E-state index is 13.4. The molecule has 1 aromatic carbocycles. The lowest BCUT2D eigenvalue weighted by molar-refractivity contribution is -0.126. The summed E-state index contributed by atoms with van der Waals surface area (Å²) in [4.78, 5) is 38.3. The molecule has 0 bridgehead atoms. The second-order valence-electron chi connectivity index (χ2n) is 12.9. The van der Waals surface area contributed by atoms with Gasteiger partial charge in [-0.25, -0.2) is 0 Å². The summed E-state index contributed by atoms with van der Waals surface area (Å²) in [6.45, 7) is 13.0. The number of aliphatic hydroxyl groups excluding tert-OH is 1. The molecule has 0 aromatic heterocycles. The largest absolute Gasteiger partial charge is 0.493 e. The van der Waals surface area contributed by atoms with Gasteiger partial charge in [-0.3, -0.25) is 14.4 Å². The van der Waals surface area contributed by atoms with Gasteiger partial charge in [-0.15, -0.1) is 0 Å². The number of benzene rings is 1. The summed E-state index contributed by atoms with van der Waals surface area (Å²) in [5.74, 6) is 0.254. The third-order valence-electron chi connectivity index (χ3n) is 8.34. The van der Waals surface area contributed by atoms with E-state index in [1.165, 1.54) is 0 Å². The van der Waals surface area contributed by atoms with E-state index in [9.17, 15) is 19.5 Å². The Morgan fingerprint density at radius 3 is 2.21 bits per heavy atom. The third kappa shape index (κ3) is 17.7. The van der Waals surface area contributed by atoms with Gasteiger partial charge in [-0.1, -0.05) is 53.9 Å². The predicted molar refractivity (Wildman–Crippen MR) is 186 cm³/mol. The number of carbonyl (C=O) groups is 3. The number of hydrogen-bond acceptors (Lipinski definition) is 8. The summed E-state index contributed by atoms with van der Waals surface area (Å²) in [6, 6.07) is 4.82. The molecule has 0 aliphatic carbocycles. The first-order chi connectivity index (χ1) is 22.5. The zero-order valence-corrected chi connectivity index (χ0v) is 29.9. The molecule has 0 spiro atoms. The van der Waals surface area contributed by atoms with Crippen molar-refractivity contribution >= 4 is 17.7 Å². The highest BCUT2D eigenvalue weighted by Crippen LogP contribution is 2.28. The molecule has 0 saturated heterocycles. The number of amides is 3. The first-order valence-corrected chi connectivity index (χ1v) is 17.7. The van der Waals surface area contributed by atoms with Crippen molar-refractivity contribution < 1.29 is 33.7 Å². The summed E-state index contributed by atoms with van der Waals surface area (Å²) >= 11 is 0. The van der Waals surface area contributed by atoms with Crippen molar-refractivity contribution in [3.05, 3.63) is 23.8 Å². The molecule has 3 amide bonds. The predicted octanol–water partition coefficient (Wildman–Crippen LogP) is 4.80. The Labute approximate surface area is 283 Å². The molecular weight excluding hydrogens is 600 g/mol. The molecule has 1 aromatic rings. The second-order valence-corrected chi connectivity index (χ2v) is 12.9. The maximum Gasteiger partial charge on any atom is 0.257 e. The van der Waals surface area contributed by atoms with Gasteiger partial charge in [0, 0.05) is 44.7 Å². The summed E-state index contributed by atoms with van der Waals surface area (Å²) in [5.41, 5.74) is 5.83. The van der Waals surface area contributed by atoms with Crippen LogP contribution in [0.2, 0.25) is 0 Å². The number of unbranched alkanes of at least 4 members (excludes halogenated alkanes) is 4. The van der Waals surface area contributed by atoms with E-state index >= 15 is 0 Å². The van der Waals surface area contributed by atoms with Crippen LogP contribution in [0.5, 0.6) is 11.5 Å². The Bertz CT molecular complexity index is 1020. The fourth-order valence-electron chi connectivity index (χ4n) is 5.33. The van der Waals surface area contributed by atoms with Gasteiger partial charge in [0.05, 0.1) is 12.2 Å². The summed E-state index contributed by atoms with van der Waals surface area (Å²) in [5, 5.41) is 19.8. The minimum atomic E-state index is -1.06. The van der Waals surface area contributed by atoms with Crippen molar-refractivity contribution in [3.8, 4) is 11.5 Å². The molecule has 0 aliphatic rings. The van der Waals surface area contributed by atoms with Gasteiger partial charge in [0.2, 0.25) is 5.91 Å². The van der Waals surface area contributed by atoms with Crippen LogP contribution < -0.4 is 31.2 Å². The van der Waals surface area contributed by atoms with E-state index in [4.69, 9.17) is 19.9 Å². The van der Waals surface area contributed by atoms with Gasteiger partial charge in [-0.05, 0) is 75.5 Å². The lowest BCUT2D eigenvalue weighted by atomic mass is 9.85. The Morgan fingerprint density at radius 2 is 1.55 bits per heavy atom. The monoisotopic (exact) mass is 664 g/mol. The zero-order chi connectivity index (χ0) is 35.0. The van der Waals surface area contributed by atoms with Crippen molar-refractivity contribution in [3.63, 3.8) is 0 Å². The van der Waals surface area contributed by atoms with E-state index in [1.54, 1.807) is 25.3 Å². The molecule has 11 heteroatoms. The Hall–Kier alpha value is -2.89. The highest BCUT2D eigenvalue weighted by atomic mass is 16.5.